The van der Waals surface area contributed by atoms with Gasteiger partial charge in [-0.3, -0.25) is 4.79 Å². The van der Waals surface area contributed by atoms with E-state index in [1.54, 1.807) is 6.92 Å². The molecule has 0 aromatic heterocycles. The predicted octanol–water partition coefficient (Wildman–Crippen LogP) is 2.94. The molecule has 0 saturated carbocycles. The van der Waals surface area contributed by atoms with Crippen LogP contribution in [0.2, 0.25) is 0 Å². The maximum Gasteiger partial charge on any atom is 0.172 e. The number of rotatable bonds is 0. The van der Waals surface area contributed by atoms with E-state index in [1.165, 1.54) is 0 Å². The van der Waals surface area contributed by atoms with Crippen molar-refractivity contribution in [2.75, 3.05) is 6.61 Å². The van der Waals surface area contributed by atoms with Crippen LogP contribution >= 0.6 is 0 Å². The smallest absolute Gasteiger partial charge is 0.172 e. The van der Waals surface area contributed by atoms with Crippen molar-refractivity contribution in [2.45, 2.75) is 78.3 Å². The minimum absolute atomic E-state index is 0.0200. The molecule has 0 radical (unpaired) electrons. The average Bonchev–Trinajstić information content (AvgIpc) is 3.36. The van der Waals surface area contributed by atoms with E-state index in [1.807, 2.05) is 27.7 Å². The van der Waals surface area contributed by atoms with Gasteiger partial charge in [0, 0.05) is 17.8 Å². The van der Waals surface area contributed by atoms with Crippen LogP contribution in [0.15, 0.2) is 12.3 Å². The van der Waals surface area contributed by atoms with Gasteiger partial charge in [0.25, 0.3) is 0 Å². The topological polar surface area (TPSA) is 79.3 Å². The molecule has 2 aliphatic rings. The number of aliphatic hydroxyl groups excluding tert-OH is 2. The molecule has 2 saturated heterocycles. The van der Waals surface area contributed by atoms with E-state index in [-0.39, 0.29) is 35.6 Å². The molecule has 5 nitrogen and oxygen atoms in total. The molecule has 26 heavy (non-hydrogen) atoms. The first-order chi connectivity index (χ1) is 12.0. The van der Waals surface area contributed by atoms with Gasteiger partial charge in [-0.25, -0.2) is 0 Å². The zero-order chi connectivity index (χ0) is 19.8. The van der Waals surface area contributed by atoms with Crippen molar-refractivity contribution in [3.8, 4) is 0 Å². The van der Waals surface area contributed by atoms with Gasteiger partial charge < -0.3 is 19.7 Å². The van der Waals surface area contributed by atoms with Crippen LogP contribution in [0, 0.1) is 29.6 Å². The summed E-state index contributed by atoms with van der Waals surface area (Å²) in [5.41, 5.74) is -0.756. The molecule has 1 unspecified atom stereocenters. The molecule has 2 aliphatic heterocycles. The van der Waals surface area contributed by atoms with E-state index in [0.717, 1.165) is 6.42 Å². The number of aliphatic hydroxyl groups is 2. The summed E-state index contributed by atoms with van der Waals surface area (Å²) in [5.74, 6) is -0.154. The zero-order valence-electron chi connectivity index (χ0n) is 17.1. The average molecular weight is 369 g/mol. The monoisotopic (exact) mass is 368 g/mol. The summed E-state index contributed by atoms with van der Waals surface area (Å²) in [4.78, 5) is 13.0. The first kappa shape index (κ1) is 21.4. The van der Waals surface area contributed by atoms with Gasteiger partial charge in [-0.05, 0) is 31.6 Å². The van der Waals surface area contributed by atoms with Gasteiger partial charge in [-0.1, -0.05) is 41.2 Å². The lowest BCUT2D eigenvalue weighted by Gasteiger charge is -2.34. The molecule has 1 spiro atoms. The number of hydrogen-bond acceptors (Lipinski definition) is 5. The Balaban J connectivity index is 2.28. The van der Waals surface area contributed by atoms with Crippen LogP contribution < -0.4 is 0 Å². The van der Waals surface area contributed by atoms with Crippen molar-refractivity contribution < 1.29 is 24.5 Å². The zero-order valence-corrected chi connectivity index (χ0v) is 17.1. The molecule has 5 heteroatoms. The maximum atomic E-state index is 13.0. The number of carbonyl (C=O) groups excluding carboxylic acids is 1. The Morgan fingerprint density at radius 3 is 2.15 bits per heavy atom. The Labute approximate surface area is 157 Å². The van der Waals surface area contributed by atoms with Crippen molar-refractivity contribution in [1.29, 1.82) is 0 Å². The van der Waals surface area contributed by atoms with Crippen LogP contribution in [-0.2, 0) is 14.3 Å². The fraction of sp³-hybridized carbons (Fsp3) is 0.857. The molecule has 2 N–H and O–H groups in total. The number of ether oxygens (including phenoxy) is 2. The maximum absolute atomic E-state index is 13.0. The Hall–Kier alpha value is -0.910. The van der Waals surface area contributed by atoms with Crippen molar-refractivity contribution in [3.05, 3.63) is 12.3 Å². The molecule has 9 atom stereocenters. The van der Waals surface area contributed by atoms with Crippen LogP contribution in [0.25, 0.3) is 0 Å². The molecule has 0 amide bonds. The lowest BCUT2D eigenvalue weighted by Crippen LogP contribution is -2.43. The van der Waals surface area contributed by atoms with Gasteiger partial charge in [0.1, 0.15) is 6.10 Å². The Bertz CT molecular complexity index is 526. The highest BCUT2D eigenvalue weighted by Gasteiger charge is 2.55. The van der Waals surface area contributed by atoms with Crippen LogP contribution in [0.4, 0.5) is 0 Å². The predicted molar refractivity (Wildman–Crippen MR) is 100 cm³/mol. The largest absolute Gasteiger partial charge is 0.495 e. The van der Waals surface area contributed by atoms with Gasteiger partial charge in [0.2, 0.25) is 0 Å². The number of epoxide rings is 1. The highest BCUT2D eigenvalue weighted by molar-refractivity contribution is 5.92. The Kier molecular flexibility index (Phi) is 6.57. The van der Waals surface area contributed by atoms with Gasteiger partial charge in [0.05, 0.1) is 24.6 Å². The van der Waals surface area contributed by atoms with Crippen LogP contribution in [-0.4, -0.2) is 46.5 Å². The lowest BCUT2D eigenvalue weighted by molar-refractivity contribution is -0.134. The molecular weight excluding hydrogens is 332 g/mol. The number of ketones is 1. The molecule has 0 aliphatic carbocycles. The van der Waals surface area contributed by atoms with Gasteiger partial charge >= 0.3 is 0 Å². The van der Waals surface area contributed by atoms with E-state index < -0.39 is 23.7 Å². The van der Waals surface area contributed by atoms with E-state index in [4.69, 9.17) is 9.47 Å². The third-order valence-corrected chi connectivity index (χ3v) is 6.54. The summed E-state index contributed by atoms with van der Waals surface area (Å²) in [6.45, 7) is 16.0. The minimum Gasteiger partial charge on any atom is -0.495 e. The molecule has 0 aromatic carbocycles. The third-order valence-electron chi connectivity index (χ3n) is 6.54. The number of carbonyl (C=O) groups is 1. The van der Waals surface area contributed by atoms with Crippen molar-refractivity contribution in [2.24, 2.45) is 29.6 Å². The molecular formula is C21H36O5. The second-order valence-electron chi connectivity index (χ2n) is 8.88. The fourth-order valence-electron chi connectivity index (χ4n) is 4.31. The van der Waals surface area contributed by atoms with E-state index in [9.17, 15) is 15.0 Å². The molecule has 150 valence electrons. The molecule has 0 bridgehead atoms. The van der Waals surface area contributed by atoms with Gasteiger partial charge in [-0.2, -0.15) is 0 Å². The van der Waals surface area contributed by atoms with Gasteiger partial charge in [0.15, 0.2) is 11.4 Å². The van der Waals surface area contributed by atoms with Gasteiger partial charge in [-0.15, -0.1) is 0 Å². The standard InChI is InChI=1S/C21H36O5/c1-11-8-12(2)18(22)13(3)16(6)26-17(7)14(4)19(23)15(5)20(24)21(9-11)10-25-21/h11-15,17-19,22-23H,6,8-10H2,1-5,7H3/t11-,12-,13+,14+,15-,17-,18+,19+,21?/m1/s1. The van der Waals surface area contributed by atoms with E-state index >= 15 is 0 Å². The summed E-state index contributed by atoms with van der Waals surface area (Å²) in [7, 11) is 0. The summed E-state index contributed by atoms with van der Waals surface area (Å²) in [6, 6.07) is 0. The van der Waals surface area contributed by atoms with Crippen LogP contribution in [0.3, 0.4) is 0 Å². The summed E-state index contributed by atoms with van der Waals surface area (Å²) >= 11 is 0. The normalized spacial score (nSPS) is 48.8. The van der Waals surface area contributed by atoms with Crippen LogP contribution in [0.1, 0.15) is 54.4 Å². The Morgan fingerprint density at radius 1 is 1.04 bits per heavy atom. The summed E-state index contributed by atoms with van der Waals surface area (Å²) in [6.07, 6.45) is -0.263. The highest BCUT2D eigenvalue weighted by Crippen LogP contribution is 2.41. The first-order valence-electron chi connectivity index (χ1n) is 9.90. The first-order valence-corrected chi connectivity index (χ1v) is 9.90. The van der Waals surface area contributed by atoms with E-state index in [2.05, 4.69) is 13.5 Å². The fourth-order valence-corrected chi connectivity index (χ4v) is 4.31. The lowest BCUT2D eigenvalue weighted by atomic mass is 9.78. The molecule has 2 rings (SSSR count). The number of Topliss-reactive ketones (excluding diaryl/α,β-unsaturated/α-hetero) is 1. The second kappa shape index (κ2) is 7.99. The minimum atomic E-state index is -0.816. The quantitative estimate of drug-likeness (QED) is 0.643. The summed E-state index contributed by atoms with van der Waals surface area (Å²) < 4.78 is 11.5. The van der Waals surface area contributed by atoms with E-state index in [0.29, 0.717) is 18.8 Å². The van der Waals surface area contributed by atoms with Crippen molar-refractivity contribution in [3.63, 3.8) is 0 Å². The molecule has 0 aromatic rings. The molecule has 2 fully saturated rings. The molecule has 2 heterocycles. The SMILES string of the molecule is C=C1O[C@H](C)[C@H](C)[C@H](O)[C@@H](C)C(=O)C2(CO2)C[C@H](C)C[C@@H](C)[C@H](O)[C@H]1C. The second-order valence-corrected chi connectivity index (χ2v) is 8.88. The number of hydrogen-bond donors (Lipinski definition) is 2. The van der Waals surface area contributed by atoms with Crippen molar-refractivity contribution in [1.82, 2.24) is 0 Å². The Morgan fingerprint density at radius 2 is 1.62 bits per heavy atom. The highest BCUT2D eigenvalue weighted by atomic mass is 16.6. The van der Waals surface area contributed by atoms with Crippen molar-refractivity contribution >= 4 is 5.78 Å². The third kappa shape index (κ3) is 4.32. The van der Waals surface area contributed by atoms with Crippen LogP contribution in [0.5, 0.6) is 0 Å². The summed E-state index contributed by atoms with van der Waals surface area (Å²) in [5, 5.41) is 21.4.